The standard InChI is InChI=1S/C22H24N4O3/c1-5-26(16-8-6-7-15(2)13-16)21-12-11-19(24-25-21)22(27)23-18-10-9-17(28-3)14-20(18)29-4/h6-14H,5H2,1-4H3,(H,23,27). The third-order valence-corrected chi connectivity index (χ3v) is 4.45. The molecule has 0 aliphatic heterocycles. The molecule has 29 heavy (non-hydrogen) atoms. The van der Waals surface area contributed by atoms with Crippen molar-refractivity contribution in [2.24, 2.45) is 0 Å². The fraction of sp³-hybridized carbons (Fsp3) is 0.227. The molecule has 1 aromatic heterocycles. The molecular weight excluding hydrogens is 368 g/mol. The lowest BCUT2D eigenvalue weighted by Crippen LogP contribution is -2.20. The van der Waals surface area contributed by atoms with Crippen molar-refractivity contribution in [2.45, 2.75) is 13.8 Å². The first-order valence-electron chi connectivity index (χ1n) is 9.27. The van der Waals surface area contributed by atoms with Gasteiger partial charge in [0, 0.05) is 18.3 Å². The molecule has 2 aromatic carbocycles. The highest BCUT2D eigenvalue weighted by molar-refractivity contribution is 6.03. The predicted molar refractivity (Wildman–Crippen MR) is 113 cm³/mol. The number of rotatable bonds is 7. The van der Waals surface area contributed by atoms with Crippen LogP contribution in [-0.4, -0.2) is 36.9 Å². The van der Waals surface area contributed by atoms with Gasteiger partial charge in [-0.3, -0.25) is 4.79 Å². The lowest BCUT2D eigenvalue weighted by molar-refractivity contribution is 0.102. The van der Waals surface area contributed by atoms with Crippen LogP contribution in [-0.2, 0) is 0 Å². The number of ether oxygens (including phenoxy) is 2. The quantitative estimate of drug-likeness (QED) is 0.649. The van der Waals surface area contributed by atoms with Gasteiger partial charge in [-0.25, -0.2) is 0 Å². The SMILES string of the molecule is CCN(c1cccc(C)c1)c1ccc(C(=O)Nc2ccc(OC)cc2OC)nn1. The van der Waals surface area contributed by atoms with Crippen molar-refractivity contribution in [1.82, 2.24) is 10.2 Å². The Hall–Kier alpha value is -3.61. The number of hydrogen-bond donors (Lipinski definition) is 1. The summed E-state index contributed by atoms with van der Waals surface area (Å²) in [7, 11) is 3.10. The van der Waals surface area contributed by atoms with E-state index >= 15 is 0 Å². The molecule has 1 amide bonds. The number of benzene rings is 2. The fourth-order valence-electron chi connectivity index (χ4n) is 2.95. The Morgan fingerprint density at radius 2 is 1.86 bits per heavy atom. The number of aromatic nitrogens is 2. The highest BCUT2D eigenvalue weighted by atomic mass is 16.5. The Bertz CT molecular complexity index is 990. The molecule has 0 fully saturated rings. The first-order chi connectivity index (χ1) is 14.0. The van der Waals surface area contributed by atoms with Crippen molar-refractivity contribution in [3.8, 4) is 11.5 Å². The average molecular weight is 392 g/mol. The Morgan fingerprint density at radius 3 is 2.48 bits per heavy atom. The Kier molecular flexibility index (Phi) is 6.29. The van der Waals surface area contributed by atoms with Gasteiger partial charge >= 0.3 is 0 Å². The van der Waals surface area contributed by atoms with Crippen LogP contribution in [0.5, 0.6) is 11.5 Å². The molecular formula is C22H24N4O3. The number of carbonyl (C=O) groups is 1. The van der Waals surface area contributed by atoms with Crippen LogP contribution in [0.25, 0.3) is 0 Å². The summed E-state index contributed by atoms with van der Waals surface area (Å²) in [6.07, 6.45) is 0. The molecule has 3 rings (SSSR count). The van der Waals surface area contributed by atoms with Crippen molar-refractivity contribution in [3.63, 3.8) is 0 Å². The Balaban J connectivity index is 1.78. The number of nitrogens with zero attached hydrogens (tertiary/aromatic N) is 3. The lowest BCUT2D eigenvalue weighted by Gasteiger charge is -2.22. The van der Waals surface area contributed by atoms with Crippen molar-refractivity contribution in [3.05, 3.63) is 65.9 Å². The first-order valence-corrected chi connectivity index (χ1v) is 9.27. The largest absolute Gasteiger partial charge is 0.497 e. The molecule has 0 spiro atoms. The molecule has 3 aromatic rings. The maximum absolute atomic E-state index is 12.6. The molecule has 1 N–H and O–H groups in total. The van der Waals surface area contributed by atoms with Gasteiger partial charge in [0.05, 0.1) is 19.9 Å². The zero-order chi connectivity index (χ0) is 20.8. The van der Waals surface area contributed by atoms with Crippen LogP contribution in [0, 0.1) is 6.92 Å². The molecule has 1 heterocycles. The van der Waals surface area contributed by atoms with E-state index in [9.17, 15) is 4.79 Å². The van der Waals surface area contributed by atoms with E-state index in [0.717, 1.165) is 12.2 Å². The van der Waals surface area contributed by atoms with Gasteiger partial charge < -0.3 is 19.7 Å². The molecule has 150 valence electrons. The van der Waals surface area contributed by atoms with E-state index in [-0.39, 0.29) is 11.6 Å². The summed E-state index contributed by atoms with van der Waals surface area (Å²) in [5.74, 6) is 1.45. The number of carbonyl (C=O) groups excluding carboxylic acids is 1. The summed E-state index contributed by atoms with van der Waals surface area (Å²) in [6, 6.07) is 16.8. The molecule has 0 saturated carbocycles. The Labute approximate surface area is 170 Å². The molecule has 7 heteroatoms. The van der Waals surface area contributed by atoms with Gasteiger partial charge in [0.1, 0.15) is 11.5 Å². The lowest BCUT2D eigenvalue weighted by atomic mass is 10.2. The van der Waals surface area contributed by atoms with E-state index in [0.29, 0.717) is 23.0 Å². The maximum atomic E-state index is 12.6. The van der Waals surface area contributed by atoms with Crippen molar-refractivity contribution in [2.75, 3.05) is 31.0 Å². The average Bonchev–Trinajstić information content (AvgIpc) is 2.75. The highest BCUT2D eigenvalue weighted by Crippen LogP contribution is 2.29. The summed E-state index contributed by atoms with van der Waals surface area (Å²) in [5.41, 5.74) is 2.94. The minimum atomic E-state index is -0.369. The van der Waals surface area contributed by atoms with Crippen molar-refractivity contribution >= 4 is 23.1 Å². The molecule has 0 unspecified atom stereocenters. The van der Waals surface area contributed by atoms with Gasteiger partial charge in [-0.15, -0.1) is 10.2 Å². The number of methoxy groups -OCH3 is 2. The molecule has 0 aliphatic rings. The van der Waals surface area contributed by atoms with E-state index in [1.807, 2.05) is 36.9 Å². The smallest absolute Gasteiger partial charge is 0.276 e. The number of aryl methyl sites for hydroxylation is 1. The van der Waals surface area contributed by atoms with Gasteiger partial charge in [0.2, 0.25) is 0 Å². The van der Waals surface area contributed by atoms with Gasteiger partial charge in [0.25, 0.3) is 5.91 Å². The summed E-state index contributed by atoms with van der Waals surface area (Å²) < 4.78 is 10.5. The second-order valence-electron chi connectivity index (χ2n) is 6.38. The van der Waals surface area contributed by atoms with Crippen LogP contribution in [0.15, 0.2) is 54.6 Å². The van der Waals surface area contributed by atoms with Crippen LogP contribution < -0.4 is 19.7 Å². The second-order valence-corrected chi connectivity index (χ2v) is 6.38. The normalized spacial score (nSPS) is 10.3. The summed E-state index contributed by atoms with van der Waals surface area (Å²) in [6.45, 7) is 4.82. The van der Waals surface area contributed by atoms with E-state index < -0.39 is 0 Å². The fourth-order valence-corrected chi connectivity index (χ4v) is 2.95. The predicted octanol–water partition coefficient (Wildman–Crippen LogP) is 4.21. The molecule has 0 saturated heterocycles. The van der Waals surface area contributed by atoms with E-state index in [1.165, 1.54) is 12.7 Å². The van der Waals surface area contributed by atoms with Crippen LogP contribution >= 0.6 is 0 Å². The number of anilines is 3. The summed E-state index contributed by atoms with van der Waals surface area (Å²) >= 11 is 0. The monoisotopic (exact) mass is 392 g/mol. The number of hydrogen-bond acceptors (Lipinski definition) is 6. The van der Waals surface area contributed by atoms with Gasteiger partial charge in [-0.05, 0) is 55.8 Å². The summed E-state index contributed by atoms with van der Waals surface area (Å²) in [5, 5.41) is 11.2. The van der Waals surface area contributed by atoms with Gasteiger partial charge in [0.15, 0.2) is 11.5 Å². The molecule has 0 bridgehead atoms. The van der Waals surface area contributed by atoms with Crippen LogP contribution in [0.1, 0.15) is 23.0 Å². The minimum absolute atomic E-state index is 0.215. The third-order valence-electron chi connectivity index (χ3n) is 4.45. The molecule has 0 aliphatic carbocycles. The molecule has 7 nitrogen and oxygen atoms in total. The van der Waals surface area contributed by atoms with Gasteiger partial charge in [-0.1, -0.05) is 12.1 Å². The summed E-state index contributed by atoms with van der Waals surface area (Å²) in [4.78, 5) is 14.6. The van der Waals surface area contributed by atoms with Crippen molar-refractivity contribution in [1.29, 1.82) is 0 Å². The number of nitrogens with one attached hydrogen (secondary N) is 1. The second kappa shape index (κ2) is 9.05. The van der Waals surface area contributed by atoms with Crippen LogP contribution in [0.2, 0.25) is 0 Å². The topological polar surface area (TPSA) is 76.6 Å². The molecule has 0 atom stereocenters. The Morgan fingerprint density at radius 1 is 1.03 bits per heavy atom. The third kappa shape index (κ3) is 4.63. The highest BCUT2D eigenvalue weighted by Gasteiger charge is 2.15. The zero-order valence-corrected chi connectivity index (χ0v) is 17.0. The van der Waals surface area contributed by atoms with Crippen LogP contribution in [0.3, 0.4) is 0 Å². The first kappa shape index (κ1) is 20.1. The van der Waals surface area contributed by atoms with E-state index in [1.54, 1.807) is 37.4 Å². The van der Waals surface area contributed by atoms with Crippen molar-refractivity contribution < 1.29 is 14.3 Å². The molecule has 0 radical (unpaired) electrons. The van der Waals surface area contributed by atoms with Gasteiger partial charge in [-0.2, -0.15) is 0 Å². The van der Waals surface area contributed by atoms with Crippen LogP contribution in [0.4, 0.5) is 17.2 Å². The zero-order valence-electron chi connectivity index (χ0n) is 17.0. The number of amides is 1. The maximum Gasteiger partial charge on any atom is 0.276 e. The van der Waals surface area contributed by atoms with E-state index in [4.69, 9.17) is 9.47 Å². The van der Waals surface area contributed by atoms with E-state index in [2.05, 4.69) is 21.6 Å². The minimum Gasteiger partial charge on any atom is -0.497 e.